The summed E-state index contributed by atoms with van der Waals surface area (Å²) in [5, 5.41) is 2.93. The molecule has 2 heterocycles. The lowest BCUT2D eigenvalue weighted by Gasteiger charge is -2.12. The van der Waals surface area contributed by atoms with Crippen LogP contribution in [0.5, 0.6) is 0 Å². The summed E-state index contributed by atoms with van der Waals surface area (Å²) in [6.45, 7) is 0. The Kier molecular flexibility index (Phi) is 3.83. The molecule has 1 aliphatic rings. The lowest BCUT2D eigenvalue weighted by atomic mass is 10.2. The van der Waals surface area contributed by atoms with Crippen molar-refractivity contribution < 1.29 is 4.79 Å². The first kappa shape index (κ1) is 16.5. The van der Waals surface area contributed by atoms with Crippen LogP contribution in [-0.4, -0.2) is 20.4 Å². The molecule has 138 valence electrons. The van der Waals surface area contributed by atoms with Crippen molar-refractivity contribution in [2.45, 2.75) is 19.3 Å². The summed E-state index contributed by atoms with van der Waals surface area (Å²) in [5.74, 6) is 0.360. The molecule has 1 aliphatic carbocycles. The van der Waals surface area contributed by atoms with Gasteiger partial charge in [0.25, 0.3) is 5.91 Å². The number of fused-ring (bicyclic) bond motifs is 3. The van der Waals surface area contributed by atoms with Crippen LogP contribution in [-0.2, 0) is 12.8 Å². The number of hydrogen-bond acceptors (Lipinski definition) is 4. The van der Waals surface area contributed by atoms with Crippen LogP contribution in [0, 0.1) is 0 Å². The number of nitrogens with zero attached hydrogens (tertiary/aromatic N) is 3. The number of aromatic nitrogens is 3. The van der Waals surface area contributed by atoms with Gasteiger partial charge in [0.1, 0.15) is 11.8 Å². The zero-order valence-electron chi connectivity index (χ0n) is 15.2. The Morgan fingerprint density at radius 2 is 1.79 bits per heavy atom. The summed E-state index contributed by atoms with van der Waals surface area (Å²) in [5.41, 5.74) is 12.9. The van der Waals surface area contributed by atoms with E-state index in [0.717, 1.165) is 41.7 Å². The molecule has 1 amide bonds. The van der Waals surface area contributed by atoms with Crippen LogP contribution in [0.2, 0.25) is 0 Å². The second kappa shape index (κ2) is 6.49. The van der Waals surface area contributed by atoms with Gasteiger partial charge in [0.2, 0.25) is 0 Å². The third kappa shape index (κ3) is 2.62. The van der Waals surface area contributed by atoms with Gasteiger partial charge in [-0.25, -0.2) is 9.97 Å². The van der Waals surface area contributed by atoms with E-state index < -0.39 is 0 Å². The minimum atomic E-state index is -0.127. The molecule has 2 aromatic carbocycles. The predicted octanol–water partition coefficient (Wildman–Crippen LogP) is 3.74. The fraction of sp³-hybridized carbons (Fsp3) is 0.136. The van der Waals surface area contributed by atoms with Crippen LogP contribution in [0.4, 0.5) is 11.5 Å². The molecule has 6 nitrogen and oxygen atoms in total. The minimum Gasteiger partial charge on any atom is -0.382 e. The number of nitrogens with one attached hydrogen (secondary N) is 1. The Labute approximate surface area is 162 Å². The van der Waals surface area contributed by atoms with E-state index in [1.54, 1.807) is 12.1 Å². The molecule has 0 spiro atoms. The number of anilines is 2. The molecule has 4 aromatic rings. The number of carbonyl (C=O) groups excluding carboxylic acids is 1. The van der Waals surface area contributed by atoms with Gasteiger partial charge < -0.3 is 15.6 Å². The summed E-state index contributed by atoms with van der Waals surface area (Å²) >= 11 is 0. The maximum atomic E-state index is 12.4. The first-order valence-electron chi connectivity index (χ1n) is 9.32. The van der Waals surface area contributed by atoms with E-state index in [0.29, 0.717) is 11.4 Å². The molecule has 0 saturated heterocycles. The summed E-state index contributed by atoms with van der Waals surface area (Å²) in [6, 6.07) is 17.0. The second-order valence-electron chi connectivity index (χ2n) is 6.94. The Morgan fingerprint density at radius 3 is 2.57 bits per heavy atom. The van der Waals surface area contributed by atoms with Crippen LogP contribution in [0.1, 0.15) is 28.0 Å². The van der Waals surface area contributed by atoms with E-state index >= 15 is 0 Å². The second-order valence-corrected chi connectivity index (χ2v) is 6.94. The average molecular weight is 369 g/mol. The Hall–Kier alpha value is -3.67. The third-order valence-electron chi connectivity index (χ3n) is 5.24. The molecule has 0 radical (unpaired) electrons. The normalized spacial score (nSPS) is 12.9. The summed E-state index contributed by atoms with van der Waals surface area (Å²) in [7, 11) is 0. The minimum absolute atomic E-state index is 0.127. The Morgan fingerprint density at radius 1 is 1.00 bits per heavy atom. The largest absolute Gasteiger partial charge is 0.382 e. The van der Waals surface area contributed by atoms with Crippen molar-refractivity contribution in [2.75, 3.05) is 11.1 Å². The average Bonchev–Trinajstić information content (AvgIpc) is 3.31. The van der Waals surface area contributed by atoms with Crippen molar-refractivity contribution in [1.82, 2.24) is 14.5 Å². The zero-order valence-corrected chi connectivity index (χ0v) is 15.2. The van der Waals surface area contributed by atoms with E-state index in [2.05, 4.69) is 19.9 Å². The van der Waals surface area contributed by atoms with E-state index in [4.69, 9.17) is 5.73 Å². The molecule has 0 saturated carbocycles. The number of nitrogen functional groups attached to an aromatic ring is 1. The van der Waals surface area contributed by atoms with Crippen molar-refractivity contribution >= 4 is 28.4 Å². The first-order chi connectivity index (χ1) is 13.7. The van der Waals surface area contributed by atoms with E-state index in [1.807, 2.05) is 42.5 Å². The Bertz CT molecular complexity index is 1180. The number of hydrogen-bond donors (Lipinski definition) is 2. The maximum Gasteiger partial charge on any atom is 0.255 e. The van der Waals surface area contributed by atoms with Gasteiger partial charge in [0.05, 0.1) is 5.52 Å². The highest BCUT2D eigenvalue weighted by Crippen LogP contribution is 2.36. The van der Waals surface area contributed by atoms with Gasteiger partial charge in [-0.2, -0.15) is 0 Å². The van der Waals surface area contributed by atoms with E-state index in [1.165, 1.54) is 17.6 Å². The first-order valence-corrected chi connectivity index (χ1v) is 9.32. The molecule has 0 atom stereocenters. The lowest BCUT2D eigenvalue weighted by molar-refractivity contribution is 0.102. The molecule has 3 N–H and O–H groups in total. The molecule has 5 rings (SSSR count). The number of amides is 1. The summed E-state index contributed by atoms with van der Waals surface area (Å²) in [6.07, 6.45) is 4.66. The molecular weight excluding hydrogens is 350 g/mol. The molecule has 28 heavy (non-hydrogen) atoms. The van der Waals surface area contributed by atoms with Crippen LogP contribution in [0.15, 0.2) is 60.9 Å². The number of rotatable bonds is 3. The van der Waals surface area contributed by atoms with Crippen molar-refractivity contribution in [3.8, 4) is 5.69 Å². The van der Waals surface area contributed by atoms with Crippen LogP contribution >= 0.6 is 0 Å². The number of aryl methyl sites for hydroxylation is 1. The van der Waals surface area contributed by atoms with Gasteiger partial charge in [0, 0.05) is 22.6 Å². The smallest absolute Gasteiger partial charge is 0.255 e. The van der Waals surface area contributed by atoms with Crippen molar-refractivity contribution in [3.05, 3.63) is 77.7 Å². The fourth-order valence-corrected chi connectivity index (χ4v) is 3.97. The van der Waals surface area contributed by atoms with Gasteiger partial charge in [0.15, 0.2) is 5.82 Å². The molecular formula is C22H19N5O. The molecule has 0 fully saturated rings. The van der Waals surface area contributed by atoms with Crippen LogP contribution in [0.3, 0.4) is 0 Å². The van der Waals surface area contributed by atoms with Crippen molar-refractivity contribution in [3.63, 3.8) is 0 Å². The van der Waals surface area contributed by atoms with E-state index in [9.17, 15) is 4.79 Å². The van der Waals surface area contributed by atoms with Gasteiger partial charge in [-0.15, -0.1) is 0 Å². The maximum absolute atomic E-state index is 12.4. The molecule has 0 bridgehead atoms. The highest BCUT2D eigenvalue weighted by Gasteiger charge is 2.25. The monoisotopic (exact) mass is 369 g/mol. The number of nitrogens with two attached hydrogens (primary N) is 1. The highest BCUT2D eigenvalue weighted by atomic mass is 16.1. The summed E-state index contributed by atoms with van der Waals surface area (Å²) in [4.78, 5) is 21.0. The van der Waals surface area contributed by atoms with E-state index in [-0.39, 0.29) is 5.91 Å². The predicted molar refractivity (Wildman–Crippen MR) is 110 cm³/mol. The fourth-order valence-electron chi connectivity index (χ4n) is 3.97. The Balaban J connectivity index is 1.51. The SMILES string of the molecule is Nc1ncnc2c3c(n(-c4ccc(NC(=O)c5ccccc5)cc4)c12)CCC3. The van der Waals surface area contributed by atoms with Crippen LogP contribution < -0.4 is 11.1 Å². The quantitative estimate of drug-likeness (QED) is 0.576. The molecule has 0 unspecified atom stereocenters. The summed E-state index contributed by atoms with van der Waals surface area (Å²) < 4.78 is 2.16. The van der Waals surface area contributed by atoms with Crippen LogP contribution in [0.25, 0.3) is 16.7 Å². The van der Waals surface area contributed by atoms with Crippen molar-refractivity contribution in [2.24, 2.45) is 0 Å². The van der Waals surface area contributed by atoms with Gasteiger partial charge in [-0.1, -0.05) is 18.2 Å². The molecule has 2 aromatic heterocycles. The topological polar surface area (TPSA) is 85.8 Å². The third-order valence-corrected chi connectivity index (χ3v) is 5.24. The van der Waals surface area contributed by atoms with Gasteiger partial charge in [-0.05, 0) is 61.2 Å². The van der Waals surface area contributed by atoms with Gasteiger partial charge >= 0.3 is 0 Å². The molecule has 0 aliphatic heterocycles. The standard InChI is InChI=1S/C22H19N5O/c23-21-20-19(24-13-25-21)17-7-4-8-18(17)27(20)16-11-9-15(10-12-16)26-22(28)14-5-2-1-3-6-14/h1-3,5-6,9-13H,4,7-8H2,(H,26,28)(H2,23,24,25). The van der Waals surface area contributed by atoms with Gasteiger partial charge in [-0.3, -0.25) is 4.79 Å². The van der Waals surface area contributed by atoms with Crippen molar-refractivity contribution in [1.29, 1.82) is 0 Å². The molecule has 6 heteroatoms. The zero-order chi connectivity index (χ0) is 19.1. The number of benzene rings is 2. The highest BCUT2D eigenvalue weighted by molar-refractivity contribution is 6.04. The lowest BCUT2D eigenvalue weighted by Crippen LogP contribution is -2.11. The number of carbonyl (C=O) groups is 1.